The fourth-order valence-corrected chi connectivity index (χ4v) is 2.88. The molecule has 0 radical (unpaired) electrons. The normalized spacial score (nSPS) is 14.8. The standard InChI is InChI=1S/C17H16F3N7O2/c18-17(19,20)15(28)23-10-2-1-3-11(8-10)24-16-25-13-12(21-9-22-13)14(26-16)27-4-6-29-7-5-27/h1-3,8-9H,4-7H2,(H,23,28)(H2,21,22,24,25,26). The first-order valence-electron chi connectivity index (χ1n) is 8.69. The maximum atomic E-state index is 12.5. The molecule has 1 aliphatic heterocycles. The Morgan fingerprint density at radius 2 is 1.93 bits per heavy atom. The van der Waals surface area contributed by atoms with Crippen molar-refractivity contribution in [2.24, 2.45) is 0 Å². The number of fused-ring (bicyclic) bond motifs is 1. The van der Waals surface area contributed by atoms with E-state index in [1.54, 1.807) is 6.07 Å². The van der Waals surface area contributed by atoms with Crippen molar-refractivity contribution in [3.8, 4) is 0 Å². The number of anilines is 4. The number of ether oxygens (including phenoxy) is 1. The molecule has 9 nitrogen and oxygen atoms in total. The number of hydrogen-bond donors (Lipinski definition) is 3. The van der Waals surface area contributed by atoms with Gasteiger partial charge >= 0.3 is 12.1 Å². The molecule has 2 aromatic heterocycles. The van der Waals surface area contributed by atoms with Crippen molar-refractivity contribution in [1.29, 1.82) is 0 Å². The molecular formula is C17H16F3N7O2. The van der Waals surface area contributed by atoms with Gasteiger partial charge in [-0.15, -0.1) is 0 Å². The summed E-state index contributed by atoms with van der Waals surface area (Å²) >= 11 is 0. The van der Waals surface area contributed by atoms with E-state index in [1.165, 1.54) is 24.5 Å². The summed E-state index contributed by atoms with van der Waals surface area (Å²) in [6.45, 7) is 2.46. The van der Waals surface area contributed by atoms with E-state index in [1.807, 2.05) is 10.2 Å². The van der Waals surface area contributed by atoms with E-state index in [2.05, 4.69) is 25.3 Å². The van der Waals surface area contributed by atoms with Gasteiger partial charge in [0.25, 0.3) is 0 Å². The average molecular weight is 407 g/mol. The van der Waals surface area contributed by atoms with Gasteiger partial charge in [-0.05, 0) is 18.2 Å². The number of nitrogens with zero attached hydrogens (tertiary/aromatic N) is 4. The SMILES string of the molecule is O=C(Nc1cccc(Nc2nc(N3CCOCC3)c3[nH]cnc3n2)c1)C(F)(F)F. The van der Waals surface area contributed by atoms with E-state index in [0.29, 0.717) is 49.0 Å². The fourth-order valence-electron chi connectivity index (χ4n) is 2.88. The van der Waals surface area contributed by atoms with E-state index in [-0.39, 0.29) is 11.6 Å². The lowest BCUT2D eigenvalue weighted by Gasteiger charge is -2.28. The van der Waals surface area contributed by atoms with Gasteiger partial charge in [-0.25, -0.2) is 4.98 Å². The number of aromatic amines is 1. The summed E-state index contributed by atoms with van der Waals surface area (Å²) in [5, 5.41) is 4.76. The second-order valence-electron chi connectivity index (χ2n) is 6.23. The highest BCUT2D eigenvalue weighted by Crippen LogP contribution is 2.26. The van der Waals surface area contributed by atoms with Crippen LogP contribution in [0.1, 0.15) is 0 Å². The molecule has 1 saturated heterocycles. The molecule has 29 heavy (non-hydrogen) atoms. The number of carbonyl (C=O) groups is 1. The molecule has 1 amide bonds. The highest BCUT2D eigenvalue weighted by molar-refractivity contribution is 5.95. The van der Waals surface area contributed by atoms with Crippen molar-refractivity contribution < 1.29 is 22.7 Å². The Hall–Kier alpha value is -3.41. The largest absolute Gasteiger partial charge is 0.471 e. The molecule has 0 unspecified atom stereocenters. The van der Waals surface area contributed by atoms with Gasteiger partial charge in [0.1, 0.15) is 5.52 Å². The minimum atomic E-state index is -4.97. The van der Waals surface area contributed by atoms with Crippen LogP contribution in [0.5, 0.6) is 0 Å². The number of halogens is 3. The van der Waals surface area contributed by atoms with E-state index >= 15 is 0 Å². The van der Waals surface area contributed by atoms with Crippen LogP contribution in [0.4, 0.5) is 36.3 Å². The van der Waals surface area contributed by atoms with Crippen LogP contribution in [0.3, 0.4) is 0 Å². The van der Waals surface area contributed by atoms with Crippen LogP contribution in [0, 0.1) is 0 Å². The topological polar surface area (TPSA) is 108 Å². The molecule has 3 N–H and O–H groups in total. The van der Waals surface area contributed by atoms with Gasteiger partial charge in [0.05, 0.1) is 19.5 Å². The zero-order chi connectivity index (χ0) is 20.4. The Morgan fingerprint density at radius 1 is 1.17 bits per heavy atom. The monoisotopic (exact) mass is 407 g/mol. The van der Waals surface area contributed by atoms with Crippen LogP contribution in [0.15, 0.2) is 30.6 Å². The van der Waals surface area contributed by atoms with Crippen LogP contribution >= 0.6 is 0 Å². The second-order valence-corrected chi connectivity index (χ2v) is 6.23. The number of carbonyl (C=O) groups excluding carboxylic acids is 1. The number of nitrogens with one attached hydrogen (secondary N) is 3. The van der Waals surface area contributed by atoms with Crippen molar-refractivity contribution in [3.63, 3.8) is 0 Å². The quantitative estimate of drug-likeness (QED) is 0.610. The molecule has 1 aromatic carbocycles. The summed E-state index contributed by atoms with van der Waals surface area (Å²) in [6, 6.07) is 5.84. The highest BCUT2D eigenvalue weighted by Gasteiger charge is 2.38. The molecule has 152 valence electrons. The van der Waals surface area contributed by atoms with Crippen LogP contribution in [0.2, 0.25) is 0 Å². The highest BCUT2D eigenvalue weighted by atomic mass is 19.4. The number of benzene rings is 1. The van der Waals surface area contributed by atoms with Gasteiger partial charge in [0.2, 0.25) is 5.95 Å². The number of rotatable bonds is 4. The number of aromatic nitrogens is 4. The number of imidazole rings is 1. The minimum Gasteiger partial charge on any atom is -0.378 e. The number of morpholine rings is 1. The van der Waals surface area contributed by atoms with Crippen LogP contribution in [-0.2, 0) is 9.53 Å². The minimum absolute atomic E-state index is 0.00780. The van der Waals surface area contributed by atoms with Crippen molar-refractivity contribution in [3.05, 3.63) is 30.6 Å². The molecule has 1 aliphatic rings. The zero-order valence-electron chi connectivity index (χ0n) is 15.0. The van der Waals surface area contributed by atoms with Crippen molar-refractivity contribution in [2.75, 3.05) is 41.8 Å². The van der Waals surface area contributed by atoms with Crippen molar-refractivity contribution >= 4 is 40.2 Å². The van der Waals surface area contributed by atoms with Gasteiger partial charge < -0.3 is 25.3 Å². The summed E-state index contributed by atoms with van der Waals surface area (Å²) in [4.78, 5) is 29.2. The summed E-state index contributed by atoms with van der Waals surface area (Å²) in [7, 11) is 0. The molecule has 1 fully saturated rings. The first kappa shape index (κ1) is 18.9. The zero-order valence-corrected chi connectivity index (χ0v) is 15.0. The van der Waals surface area contributed by atoms with Crippen LogP contribution in [0.25, 0.3) is 11.2 Å². The first-order chi connectivity index (χ1) is 13.9. The van der Waals surface area contributed by atoms with Gasteiger partial charge in [-0.2, -0.15) is 23.1 Å². The smallest absolute Gasteiger partial charge is 0.378 e. The van der Waals surface area contributed by atoms with E-state index in [0.717, 1.165) is 0 Å². The summed E-state index contributed by atoms with van der Waals surface area (Å²) in [5.41, 5.74) is 1.54. The van der Waals surface area contributed by atoms with Gasteiger partial charge in [-0.3, -0.25) is 4.79 Å². The number of H-pyrrole nitrogens is 1. The Morgan fingerprint density at radius 3 is 2.69 bits per heavy atom. The molecule has 0 saturated carbocycles. The third kappa shape index (κ3) is 4.21. The van der Waals surface area contributed by atoms with Crippen LogP contribution < -0.4 is 15.5 Å². The Kier molecular flexibility index (Phi) is 4.92. The Labute approximate surface area is 162 Å². The van der Waals surface area contributed by atoms with Gasteiger partial charge in [0, 0.05) is 24.5 Å². The second kappa shape index (κ2) is 7.54. The molecule has 0 spiro atoms. The predicted octanol–water partition coefficient (Wildman–Crippen LogP) is 2.43. The van der Waals surface area contributed by atoms with E-state index in [9.17, 15) is 18.0 Å². The summed E-state index contributed by atoms with van der Waals surface area (Å²) < 4.78 is 42.7. The maximum absolute atomic E-state index is 12.5. The third-order valence-electron chi connectivity index (χ3n) is 4.21. The van der Waals surface area contributed by atoms with Gasteiger partial charge in [-0.1, -0.05) is 6.07 Å². The van der Waals surface area contributed by atoms with E-state index < -0.39 is 12.1 Å². The van der Waals surface area contributed by atoms with E-state index in [4.69, 9.17) is 4.74 Å². The van der Waals surface area contributed by atoms with Crippen LogP contribution in [-0.4, -0.2) is 58.3 Å². The van der Waals surface area contributed by atoms with Gasteiger partial charge in [0.15, 0.2) is 11.5 Å². The van der Waals surface area contributed by atoms with Crippen molar-refractivity contribution in [1.82, 2.24) is 19.9 Å². The lowest BCUT2D eigenvalue weighted by atomic mass is 10.2. The Bertz CT molecular complexity index is 1030. The fraction of sp³-hybridized carbons (Fsp3) is 0.294. The molecule has 0 bridgehead atoms. The molecule has 4 rings (SSSR count). The predicted molar refractivity (Wildman–Crippen MR) is 99.1 cm³/mol. The summed E-state index contributed by atoms with van der Waals surface area (Å²) in [6.07, 6.45) is -3.45. The number of hydrogen-bond acceptors (Lipinski definition) is 7. The molecule has 3 aromatic rings. The van der Waals surface area contributed by atoms with Crippen molar-refractivity contribution in [2.45, 2.75) is 6.18 Å². The third-order valence-corrected chi connectivity index (χ3v) is 4.21. The maximum Gasteiger partial charge on any atom is 0.471 e. The first-order valence-corrected chi connectivity index (χ1v) is 8.69. The molecule has 3 heterocycles. The lowest BCUT2D eigenvalue weighted by Crippen LogP contribution is -2.37. The number of alkyl halides is 3. The lowest BCUT2D eigenvalue weighted by molar-refractivity contribution is -0.167. The number of amides is 1. The molecule has 12 heteroatoms. The molecule has 0 aliphatic carbocycles. The average Bonchev–Trinajstić information content (AvgIpc) is 3.16. The Balaban J connectivity index is 1.59. The molecule has 0 atom stereocenters. The summed E-state index contributed by atoms with van der Waals surface area (Å²) in [5.74, 6) is -1.16. The molecular weight excluding hydrogens is 391 g/mol.